The van der Waals surface area contributed by atoms with Crippen LogP contribution < -0.4 is 9.47 Å². The third-order valence-corrected chi connectivity index (χ3v) is 3.57. The predicted octanol–water partition coefficient (Wildman–Crippen LogP) is 3.99. The molecule has 0 saturated carbocycles. The normalized spacial score (nSPS) is 14.7. The number of esters is 1. The summed E-state index contributed by atoms with van der Waals surface area (Å²) >= 11 is 0. The molecule has 0 bridgehead atoms. The van der Waals surface area contributed by atoms with Gasteiger partial charge in [0.2, 0.25) is 5.90 Å². The van der Waals surface area contributed by atoms with Crippen molar-refractivity contribution in [1.29, 1.82) is 0 Å². The van der Waals surface area contributed by atoms with Crippen LogP contribution in [0.25, 0.3) is 6.08 Å². The quantitative estimate of drug-likeness (QED) is 0.431. The zero-order valence-corrected chi connectivity index (χ0v) is 14.5. The van der Waals surface area contributed by atoms with Gasteiger partial charge in [0.15, 0.2) is 17.2 Å². The summed E-state index contributed by atoms with van der Waals surface area (Å²) < 4.78 is 16.5. The molecule has 5 heteroatoms. The van der Waals surface area contributed by atoms with Crippen LogP contribution in [0.4, 0.5) is 0 Å². The highest BCUT2D eigenvalue weighted by Crippen LogP contribution is 2.30. The first-order valence-electron chi connectivity index (χ1n) is 8.29. The number of nitrogens with zero attached hydrogens (tertiary/aromatic N) is 1. The first kappa shape index (κ1) is 17.5. The van der Waals surface area contributed by atoms with Crippen LogP contribution in [0.15, 0.2) is 71.9 Å². The summed E-state index contributed by atoms with van der Waals surface area (Å²) in [5.41, 5.74) is 1.77. The third kappa shape index (κ3) is 4.00. The Morgan fingerprint density at radius 1 is 1.12 bits per heavy atom. The molecule has 0 fully saturated rings. The van der Waals surface area contributed by atoms with Gasteiger partial charge in [-0.05, 0) is 42.8 Å². The topological polar surface area (TPSA) is 57.1 Å². The molecule has 5 nitrogen and oxygen atoms in total. The summed E-state index contributed by atoms with van der Waals surface area (Å²) in [5.74, 6) is 1.05. The van der Waals surface area contributed by atoms with Crippen LogP contribution in [0.5, 0.6) is 11.5 Å². The maximum atomic E-state index is 12.1. The van der Waals surface area contributed by atoms with Crippen LogP contribution in [0.1, 0.15) is 18.1 Å². The van der Waals surface area contributed by atoms with E-state index in [0.717, 1.165) is 11.1 Å². The highest BCUT2D eigenvalue weighted by molar-refractivity contribution is 6.12. The van der Waals surface area contributed by atoms with E-state index >= 15 is 0 Å². The van der Waals surface area contributed by atoms with E-state index in [9.17, 15) is 4.79 Å². The molecule has 2 aromatic carbocycles. The summed E-state index contributed by atoms with van der Waals surface area (Å²) in [7, 11) is 0. The predicted molar refractivity (Wildman–Crippen MR) is 100 cm³/mol. The summed E-state index contributed by atoms with van der Waals surface area (Å²) in [5, 5.41) is 0. The van der Waals surface area contributed by atoms with Crippen LogP contribution >= 0.6 is 0 Å². The number of carbonyl (C=O) groups excluding carboxylic acids is 1. The van der Waals surface area contributed by atoms with Crippen LogP contribution in [0.2, 0.25) is 0 Å². The molecule has 0 radical (unpaired) electrons. The van der Waals surface area contributed by atoms with Crippen LogP contribution in [0, 0.1) is 0 Å². The first-order valence-corrected chi connectivity index (χ1v) is 8.29. The minimum Gasteiger partial charge on any atom is -0.490 e. The van der Waals surface area contributed by atoms with Gasteiger partial charge in [0.1, 0.15) is 6.61 Å². The largest absolute Gasteiger partial charge is 0.490 e. The molecule has 0 unspecified atom stereocenters. The van der Waals surface area contributed by atoms with Gasteiger partial charge in [-0.2, -0.15) is 0 Å². The fourth-order valence-electron chi connectivity index (χ4n) is 2.42. The molecule has 1 aliphatic rings. The lowest BCUT2D eigenvalue weighted by molar-refractivity contribution is -0.129. The Bertz CT molecular complexity index is 869. The van der Waals surface area contributed by atoms with E-state index in [4.69, 9.17) is 14.2 Å². The van der Waals surface area contributed by atoms with Gasteiger partial charge in [0, 0.05) is 5.56 Å². The Morgan fingerprint density at radius 3 is 2.65 bits per heavy atom. The Kier molecular flexibility index (Phi) is 5.49. The Morgan fingerprint density at radius 2 is 1.92 bits per heavy atom. The van der Waals surface area contributed by atoms with Gasteiger partial charge in [-0.1, -0.05) is 36.9 Å². The number of hydrogen-bond donors (Lipinski definition) is 0. The minimum absolute atomic E-state index is 0.242. The van der Waals surface area contributed by atoms with E-state index in [1.807, 2.05) is 43.3 Å². The van der Waals surface area contributed by atoms with Gasteiger partial charge in [-0.3, -0.25) is 0 Å². The minimum atomic E-state index is -0.478. The fourth-order valence-corrected chi connectivity index (χ4v) is 2.42. The lowest BCUT2D eigenvalue weighted by Gasteiger charge is -2.11. The second-order valence-corrected chi connectivity index (χ2v) is 5.44. The molecular weight excluding hydrogens is 330 g/mol. The molecule has 0 amide bonds. The highest BCUT2D eigenvalue weighted by atomic mass is 16.6. The maximum Gasteiger partial charge on any atom is 0.363 e. The van der Waals surface area contributed by atoms with Crippen molar-refractivity contribution in [3.63, 3.8) is 0 Å². The highest BCUT2D eigenvalue weighted by Gasteiger charge is 2.24. The van der Waals surface area contributed by atoms with Gasteiger partial charge in [-0.15, -0.1) is 0 Å². The Labute approximate surface area is 152 Å². The number of ether oxygens (including phenoxy) is 3. The molecule has 132 valence electrons. The Hall–Kier alpha value is -3.34. The molecular formula is C21H19NO4. The van der Waals surface area contributed by atoms with Crippen molar-refractivity contribution < 1.29 is 19.0 Å². The van der Waals surface area contributed by atoms with Crippen molar-refractivity contribution in [1.82, 2.24) is 0 Å². The summed E-state index contributed by atoms with van der Waals surface area (Å²) in [6, 6.07) is 14.7. The van der Waals surface area contributed by atoms with Crippen molar-refractivity contribution in [2.24, 2.45) is 4.99 Å². The number of cyclic esters (lactones) is 1. The number of benzene rings is 2. The van der Waals surface area contributed by atoms with Gasteiger partial charge < -0.3 is 14.2 Å². The molecule has 0 aromatic heterocycles. The summed E-state index contributed by atoms with van der Waals surface area (Å²) in [6.45, 7) is 6.42. The molecule has 0 N–H and O–H groups in total. The maximum absolute atomic E-state index is 12.1. The summed E-state index contributed by atoms with van der Waals surface area (Å²) in [4.78, 5) is 16.4. The monoisotopic (exact) mass is 349 g/mol. The smallest absolute Gasteiger partial charge is 0.363 e. The second-order valence-electron chi connectivity index (χ2n) is 5.44. The van der Waals surface area contributed by atoms with Crippen LogP contribution in [-0.4, -0.2) is 25.1 Å². The van der Waals surface area contributed by atoms with Crippen LogP contribution in [0.3, 0.4) is 0 Å². The van der Waals surface area contributed by atoms with Crippen molar-refractivity contribution in [2.45, 2.75) is 6.92 Å². The molecule has 2 aromatic rings. The average Bonchev–Trinajstić information content (AvgIpc) is 3.03. The number of rotatable bonds is 7. The van der Waals surface area contributed by atoms with Gasteiger partial charge in [-0.25, -0.2) is 9.79 Å². The van der Waals surface area contributed by atoms with E-state index < -0.39 is 5.97 Å². The number of carbonyl (C=O) groups is 1. The zero-order chi connectivity index (χ0) is 18.4. The van der Waals surface area contributed by atoms with E-state index in [0.29, 0.717) is 30.6 Å². The third-order valence-electron chi connectivity index (χ3n) is 3.57. The van der Waals surface area contributed by atoms with Crippen molar-refractivity contribution in [3.8, 4) is 11.5 Å². The van der Waals surface area contributed by atoms with Crippen molar-refractivity contribution >= 4 is 17.9 Å². The SMILES string of the molecule is C=CCOc1ccc(/C=C2\N=C(c3ccccc3)OC2=O)cc1OCC. The molecule has 0 saturated heterocycles. The van der Waals surface area contributed by atoms with E-state index in [1.54, 1.807) is 24.3 Å². The summed E-state index contributed by atoms with van der Waals surface area (Å²) in [6.07, 6.45) is 3.33. The molecule has 0 atom stereocenters. The second kappa shape index (κ2) is 8.16. The van der Waals surface area contributed by atoms with Crippen LogP contribution in [-0.2, 0) is 9.53 Å². The van der Waals surface area contributed by atoms with E-state index in [1.165, 1.54) is 0 Å². The van der Waals surface area contributed by atoms with Gasteiger partial charge in [0.05, 0.1) is 6.61 Å². The van der Waals surface area contributed by atoms with Gasteiger partial charge in [0.25, 0.3) is 0 Å². The first-order chi connectivity index (χ1) is 12.7. The molecule has 1 aliphatic heterocycles. The van der Waals surface area contributed by atoms with Crippen molar-refractivity contribution in [2.75, 3.05) is 13.2 Å². The Balaban J connectivity index is 1.89. The molecule has 26 heavy (non-hydrogen) atoms. The number of aliphatic imine (C=N–C) groups is 1. The molecule has 1 heterocycles. The lowest BCUT2D eigenvalue weighted by Crippen LogP contribution is -2.05. The number of hydrogen-bond acceptors (Lipinski definition) is 5. The van der Waals surface area contributed by atoms with E-state index in [-0.39, 0.29) is 5.70 Å². The average molecular weight is 349 g/mol. The van der Waals surface area contributed by atoms with Gasteiger partial charge >= 0.3 is 5.97 Å². The molecule has 3 rings (SSSR count). The molecule has 0 aliphatic carbocycles. The zero-order valence-electron chi connectivity index (χ0n) is 14.5. The fraction of sp³-hybridized carbons (Fsp3) is 0.143. The lowest BCUT2D eigenvalue weighted by atomic mass is 10.1. The molecule has 0 spiro atoms. The van der Waals surface area contributed by atoms with E-state index in [2.05, 4.69) is 11.6 Å². The standard InChI is InChI=1S/C21H19NO4/c1-3-12-25-18-11-10-15(14-19(18)24-4-2)13-17-21(23)26-20(22-17)16-8-6-5-7-9-16/h3,5-11,13-14H,1,4,12H2,2H3/b17-13-. The van der Waals surface area contributed by atoms with Crippen molar-refractivity contribution in [3.05, 3.63) is 78.0 Å².